The number of carbonyl (C=O) groups excluding carboxylic acids is 1. The van der Waals surface area contributed by atoms with Gasteiger partial charge in [0.15, 0.2) is 0 Å². The minimum absolute atomic E-state index is 0.0677. The molecule has 5 heteroatoms. The van der Waals surface area contributed by atoms with Gasteiger partial charge in [-0.2, -0.15) is 0 Å². The van der Waals surface area contributed by atoms with E-state index in [1.165, 1.54) is 5.56 Å². The third-order valence-electron chi connectivity index (χ3n) is 5.16. The van der Waals surface area contributed by atoms with E-state index in [0.717, 1.165) is 35.3 Å². The molecule has 0 fully saturated rings. The summed E-state index contributed by atoms with van der Waals surface area (Å²) < 4.78 is 0. The third-order valence-corrected chi connectivity index (χ3v) is 5.16. The number of carbonyl (C=O) groups is 1. The molecule has 0 aliphatic heterocycles. The van der Waals surface area contributed by atoms with Gasteiger partial charge in [0.1, 0.15) is 11.4 Å². The Balaban J connectivity index is 1.35. The van der Waals surface area contributed by atoms with Crippen LogP contribution < -0.4 is 5.32 Å². The highest BCUT2D eigenvalue weighted by Gasteiger charge is 2.34. The first-order chi connectivity index (χ1) is 12.6. The van der Waals surface area contributed by atoms with Gasteiger partial charge in [0.25, 0.3) is 0 Å². The van der Waals surface area contributed by atoms with Crippen molar-refractivity contribution < 1.29 is 9.90 Å². The van der Waals surface area contributed by atoms with Crippen LogP contribution in [0.25, 0.3) is 11.0 Å². The maximum atomic E-state index is 12.3. The summed E-state index contributed by atoms with van der Waals surface area (Å²) in [6, 6.07) is 15.8. The van der Waals surface area contributed by atoms with Crippen LogP contribution in [-0.4, -0.2) is 27.5 Å². The van der Waals surface area contributed by atoms with E-state index in [9.17, 15) is 9.90 Å². The predicted molar refractivity (Wildman–Crippen MR) is 101 cm³/mol. The van der Waals surface area contributed by atoms with Crippen molar-refractivity contribution in [2.24, 2.45) is 0 Å². The van der Waals surface area contributed by atoms with Crippen molar-refractivity contribution in [2.75, 3.05) is 6.54 Å². The molecule has 0 bridgehead atoms. The Hall–Kier alpha value is -2.66. The molecule has 1 atom stereocenters. The molecule has 0 spiro atoms. The van der Waals surface area contributed by atoms with Gasteiger partial charge in [-0.15, -0.1) is 0 Å². The van der Waals surface area contributed by atoms with Crippen LogP contribution in [0.1, 0.15) is 36.2 Å². The van der Waals surface area contributed by atoms with E-state index in [0.29, 0.717) is 19.3 Å². The number of aryl methyl sites for hydroxylation is 2. The molecule has 3 aromatic rings. The summed E-state index contributed by atoms with van der Waals surface area (Å²) >= 11 is 0. The highest BCUT2D eigenvalue weighted by molar-refractivity contribution is 5.77. The van der Waals surface area contributed by atoms with Gasteiger partial charge in [-0.3, -0.25) is 4.79 Å². The molecule has 4 rings (SSSR count). The summed E-state index contributed by atoms with van der Waals surface area (Å²) in [5, 5.41) is 13.9. The Morgan fingerprint density at radius 1 is 1.19 bits per heavy atom. The fraction of sp³-hybridized carbons (Fsp3) is 0.333. The van der Waals surface area contributed by atoms with Crippen molar-refractivity contribution in [2.45, 2.75) is 37.7 Å². The van der Waals surface area contributed by atoms with Gasteiger partial charge in [0.05, 0.1) is 17.6 Å². The first-order valence-electron chi connectivity index (χ1n) is 9.15. The Labute approximate surface area is 152 Å². The number of aromatic nitrogens is 2. The monoisotopic (exact) mass is 349 g/mol. The van der Waals surface area contributed by atoms with Crippen LogP contribution in [0.4, 0.5) is 0 Å². The zero-order valence-electron chi connectivity index (χ0n) is 14.7. The van der Waals surface area contributed by atoms with Crippen molar-refractivity contribution in [3.05, 3.63) is 65.5 Å². The highest BCUT2D eigenvalue weighted by Crippen LogP contribution is 2.34. The molecule has 1 amide bonds. The number of imidazole rings is 1. The molecule has 1 heterocycles. The molecule has 1 aliphatic carbocycles. The number of para-hydroxylation sites is 2. The number of aliphatic hydroxyl groups is 1. The second-order valence-corrected chi connectivity index (χ2v) is 7.02. The topological polar surface area (TPSA) is 78.0 Å². The first kappa shape index (κ1) is 16.8. The lowest BCUT2D eigenvalue weighted by Crippen LogP contribution is -2.43. The number of rotatable bonds is 5. The maximum Gasteiger partial charge on any atom is 0.220 e. The van der Waals surface area contributed by atoms with Crippen LogP contribution in [0.2, 0.25) is 0 Å². The Bertz CT molecular complexity index is 901. The molecule has 5 nitrogen and oxygen atoms in total. The summed E-state index contributed by atoms with van der Waals surface area (Å²) in [6.07, 6.45) is 3.49. The van der Waals surface area contributed by atoms with Gasteiger partial charge in [0, 0.05) is 12.8 Å². The standard InChI is InChI=1S/C21H23N3O2/c25-20(12-11-19-23-17-9-3-4-10-18(17)24-19)22-14-21(26)13-5-7-15-6-1-2-8-16(15)21/h1-4,6,8-10,26H,5,7,11-14H2,(H,22,25)(H,23,24). The predicted octanol–water partition coefficient (Wildman–Crippen LogP) is 2.84. The number of fused-ring (bicyclic) bond motifs is 2. The van der Waals surface area contributed by atoms with Crippen molar-refractivity contribution in [1.82, 2.24) is 15.3 Å². The quantitative estimate of drug-likeness (QED) is 0.663. The van der Waals surface area contributed by atoms with Crippen molar-refractivity contribution in [3.63, 3.8) is 0 Å². The number of nitrogens with one attached hydrogen (secondary N) is 2. The summed E-state index contributed by atoms with van der Waals surface area (Å²) in [4.78, 5) is 20.0. The van der Waals surface area contributed by atoms with Gasteiger partial charge in [-0.1, -0.05) is 36.4 Å². The zero-order valence-corrected chi connectivity index (χ0v) is 14.7. The molecule has 26 heavy (non-hydrogen) atoms. The van der Waals surface area contributed by atoms with E-state index in [4.69, 9.17) is 0 Å². The molecule has 0 radical (unpaired) electrons. The van der Waals surface area contributed by atoms with Crippen LogP contribution in [-0.2, 0) is 23.2 Å². The first-order valence-corrected chi connectivity index (χ1v) is 9.15. The SMILES string of the molecule is O=C(CCc1nc2ccccc2[nH]1)NCC1(O)CCCc2ccccc21. The van der Waals surface area contributed by atoms with Crippen LogP contribution in [0, 0.1) is 0 Å². The molecule has 2 aromatic carbocycles. The lowest BCUT2D eigenvalue weighted by Gasteiger charge is -2.34. The van der Waals surface area contributed by atoms with Crippen molar-refractivity contribution >= 4 is 16.9 Å². The van der Waals surface area contributed by atoms with E-state index < -0.39 is 5.60 Å². The smallest absolute Gasteiger partial charge is 0.220 e. The van der Waals surface area contributed by atoms with Gasteiger partial charge in [-0.25, -0.2) is 4.98 Å². The highest BCUT2D eigenvalue weighted by atomic mass is 16.3. The molecular formula is C21H23N3O2. The van der Waals surface area contributed by atoms with E-state index in [1.807, 2.05) is 42.5 Å². The van der Waals surface area contributed by atoms with E-state index in [-0.39, 0.29) is 12.5 Å². The van der Waals surface area contributed by atoms with Crippen LogP contribution in [0.3, 0.4) is 0 Å². The molecule has 0 saturated heterocycles. The number of hydrogen-bond acceptors (Lipinski definition) is 3. The fourth-order valence-electron chi connectivity index (χ4n) is 3.77. The average molecular weight is 349 g/mol. The normalized spacial score (nSPS) is 19.3. The molecular weight excluding hydrogens is 326 g/mol. The fourth-order valence-corrected chi connectivity index (χ4v) is 3.77. The minimum atomic E-state index is -0.968. The lowest BCUT2D eigenvalue weighted by molar-refractivity contribution is -0.122. The Morgan fingerprint density at radius 3 is 2.88 bits per heavy atom. The average Bonchev–Trinajstić information content (AvgIpc) is 3.08. The summed E-state index contributed by atoms with van der Waals surface area (Å²) in [7, 11) is 0. The number of H-pyrrole nitrogens is 1. The van der Waals surface area contributed by atoms with E-state index >= 15 is 0 Å². The summed E-state index contributed by atoms with van der Waals surface area (Å²) in [5.74, 6) is 0.741. The Morgan fingerprint density at radius 2 is 2.00 bits per heavy atom. The largest absolute Gasteiger partial charge is 0.383 e. The van der Waals surface area contributed by atoms with Crippen LogP contribution >= 0.6 is 0 Å². The molecule has 1 unspecified atom stereocenters. The molecule has 0 saturated carbocycles. The molecule has 1 aromatic heterocycles. The van der Waals surface area contributed by atoms with E-state index in [1.54, 1.807) is 0 Å². The molecule has 1 aliphatic rings. The number of aromatic amines is 1. The summed E-state index contributed by atoms with van der Waals surface area (Å²) in [5.41, 5.74) is 3.05. The number of benzene rings is 2. The zero-order chi connectivity index (χ0) is 18.0. The third kappa shape index (κ3) is 3.35. The second kappa shape index (κ2) is 6.92. The molecule has 134 valence electrons. The maximum absolute atomic E-state index is 12.3. The van der Waals surface area contributed by atoms with Gasteiger partial charge in [0.2, 0.25) is 5.91 Å². The lowest BCUT2D eigenvalue weighted by atomic mass is 9.79. The van der Waals surface area contributed by atoms with Gasteiger partial charge in [-0.05, 0) is 42.5 Å². The number of amides is 1. The second-order valence-electron chi connectivity index (χ2n) is 7.02. The van der Waals surface area contributed by atoms with Crippen LogP contribution in [0.5, 0.6) is 0 Å². The van der Waals surface area contributed by atoms with E-state index in [2.05, 4.69) is 21.4 Å². The van der Waals surface area contributed by atoms with Crippen LogP contribution in [0.15, 0.2) is 48.5 Å². The number of hydrogen-bond donors (Lipinski definition) is 3. The van der Waals surface area contributed by atoms with Crippen molar-refractivity contribution in [3.8, 4) is 0 Å². The Kier molecular flexibility index (Phi) is 4.47. The van der Waals surface area contributed by atoms with Gasteiger partial charge < -0.3 is 15.4 Å². The van der Waals surface area contributed by atoms with Gasteiger partial charge >= 0.3 is 0 Å². The van der Waals surface area contributed by atoms with Crippen molar-refractivity contribution in [1.29, 1.82) is 0 Å². The molecule has 3 N–H and O–H groups in total. The summed E-state index contributed by atoms with van der Waals surface area (Å²) in [6.45, 7) is 0.253. The minimum Gasteiger partial charge on any atom is -0.383 e. The number of nitrogens with zero attached hydrogens (tertiary/aromatic N) is 1.